The number of aromatic amines is 2. The van der Waals surface area contributed by atoms with Crippen LogP contribution in [0.5, 0.6) is 0 Å². The number of piperidine rings is 1. The van der Waals surface area contributed by atoms with E-state index in [9.17, 15) is 4.79 Å². The number of hydrogen-bond acceptors (Lipinski definition) is 3. The molecule has 0 aromatic carbocycles. The third-order valence-corrected chi connectivity index (χ3v) is 3.51. The maximum atomic E-state index is 12.4. The fourth-order valence-electron chi connectivity index (χ4n) is 2.54. The molecular weight excluding hydrogens is 256 g/mol. The molecule has 0 bridgehead atoms. The highest BCUT2D eigenvalue weighted by atomic mass is 16.6. The summed E-state index contributed by atoms with van der Waals surface area (Å²) in [4.78, 5) is 14.2. The second kappa shape index (κ2) is 5.34. The van der Waals surface area contributed by atoms with Crippen molar-refractivity contribution < 1.29 is 14.6 Å². The summed E-state index contributed by atoms with van der Waals surface area (Å²) in [6, 6.07) is 1.84. The van der Waals surface area contributed by atoms with Crippen LogP contribution in [0.2, 0.25) is 0 Å². The van der Waals surface area contributed by atoms with E-state index in [4.69, 9.17) is 10.5 Å². The number of aromatic nitrogens is 2. The van der Waals surface area contributed by atoms with Crippen molar-refractivity contribution in [2.45, 2.75) is 52.2 Å². The van der Waals surface area contributed by atoms with E-state index in [1.165, 1.54) is 0 Å². The molecule has 1 fully saturated rings. The highest BCUT2D eigenvalue weighted by Gasteiger charge is 2.35. The van der Waals surface area contributed by atoms with Gasteiger partial charge in [-0.3, -0.25) is 10.6 Å². The van der Waals surface area contributed by atoms with Crippen LogP contribution >= 0.6 is 0 Å². The van der Waals surface area contributed by atoms with Crippen molar-refractivity contribution in [3.8, 4) is 0 Å². The van der Waals surface area contributed by atoms with Crippen molar-refractivity contribution in [3.05, 3.63) is 11.8 Å². The number of carbonyl (C=O) groups is 1. The van der Waals surface area contributed by atoms with Gasteiger partial charge in [0, 0.05) is 6.54 Å². The fourth-order valence-corrected chi connectivity index (χ4v) is 2.54. The van der Waals surface area contributed by atoms with Crippen LogP contribution in [0.25, 0.3) is 0 Å². The summed E-state index contributed by atoms with van der Waals surface area (Å²) < 4.78 is 5.50. The molecule has 1 aliphatic heterocycles. The summed E-state index contributed by atoms with van der Waals surface area (Å²) in [6.45, 7) is 8.56. The third kappa shape index (κ3) is 3.43. The minimum absolute atomic E-state index is 0.0119. The average molecular weight is 281 g/mol. The Kier molecular flexibility index (Phi) is 3.92. The van der Waals surface area contributed by atoms with Gasteiger partial charge in [-0.2, -0.15) is 5.10 Å². The Balaban J connectivity index is 2.18. The molecule has 1 saturated heterocycles. The predicted molar refractivity (Wildman–Crippen MR) is 75.8 cm³/mol. The zero-order valence-corrected chi connectivity index (χ0v) is 12.7. The Hall–Kier alpha value is -1.72. The van der Waals surface area contributed by atoms with Crippen molar-refractivity contribution in [3.63, 3.8) is 0 Å². The van der Waals surface area contributed by atoms with E-state index in [1.807, 2.05) is 26.8 Å². The highest BCUT2D eigenvalue weighted by molar-refractivity contribution is 5.69. The number of amides is 1. The first-order valence-corrected chi connectivity index (χ1v) is 7.12. The number of rotatable bonds is 1. The standard InChI is InChI=1S/C14H24N4O2/c1-9-5-6-18(13(19)20-14(2,3)4)11(7-9)10-8-12(15)17-16-10/h8-9,11H,5-7H2,1-4H3,(H3,15,16,17)/p+1. The van der Waals surface area contributed by atoms with E-state index in [2.05, 4.69) is 17.1 Å². The van der Waals surface area contributed by atoms with Gasteiger partial charge in [0.05, 0.1) is 17.8 Å². The van der Waals surface area contributed by atoms with E-state index >= 15 is 0 Å². The zero-order chi connectivity index (χ0) is 14.9. The number of H-pyrrole nitrogens is 2. The lowest BCUT2D eigenvalue weighted by Crippen LogP contribution is -2.43. The van der Waals surface area contributed by atoms with Crippen LogP contribution in [0, 0.1) is 5.92 Å². The van der Waals surface area contributed by atoms with E-state index in [1.54, 1.807) is 4.90 Å². The molecule has 0 radical (unpaired) electrons. The Bertz CT molecular complexity index is 478. The van der Waals surface area contributed by atoms with Gasteiger partial charge in [-0.1, -0.05) is 6.92 Å². The van der Waals surface area contributed by atoms with Gasteiger partial charge in [-0.25, -0.2) is 9.89 Å². The molecule has 6 heteroatoms. The Morgan fingerprint density at radius 3 is 2.80 bits per heavy atom. The number of likely N-dealkylation sites (tertiary alicyclic amines) is 1. The van der Waals surface area contributed by atoms with Gasteiger partial charge >= 0.3 is 6.09 Å². The minimum Gasteiger partial charge on any atom is -0.444 e. The van der Waals surface area contributed by atoms with Gasteiger partial charge < -0.3 is 4.74 Å². The molecule has 1 aliphatic rings. The smallest absolute Gasteiger partial charge is 0.410 e. The van der Waals surface area contributed by atoms with Gasteiger partial charge in [0.1, 0.15) is 5.60 Å². The Labute approximate surface area is 119 Å². The largest absolute Gasteiger partial charge is 0.444 e. The van der Waals surface area contributed by atoms with Gasteiger partial charge in [0.25, 0.3) is 5.82 Å². The van der Waals surface area contributed by atoms with Crippen molar-refractivity contribution >= 4 is 11.9 Å². The van der Waals surface area contributed by atoms with E-state index in [-0.39, 0.29) is 12.1 Å². The second-order valence-corrected chi connectivity index (χ2v) is 6.62. The zero-order valence-electron chi connectivity index (χ0n) is 12.7. The summed E-state index contributed by atoms with van der Waals surface area (Å²) in [5.41, 5.74) is 6.17. The number of hydrogen-bond donors (Lipinski definition) is 2. The van der Waals surface area contributed by atoms with Crippen LogP contribution in [0.4, 0.5) is 10.6 Å². The van der Waals surface area contributed by atoms with Crippen molar-refractivity contribution in [1.29, 1.82) is 0 Å². The highest BCUT2D eigenvalue weighted by Crippen LogP contribution is 2.34. The van der Waals surface area contributed by atoms with E-state index in [0.717, 1.165) is 18.5 Å². The first-order chi connectivity index (χ1) is 9.26. The quantitative estimate of drug-likeness (QED) is 0.826. The molecule has 1 aromatic rings. The first-order valence-electron chi connectivity index (χ1n) is 7.12. The number of carbonyl (C=O) groups excluding carboxylic acids is 1. The van der Waals surface area contributed by atoms with Crippen LogP contribution in [0.15, 0.2) is 6.07 Å². The fraction of sp³-hybridized carbons (Fsp3) is 0.714. The maximum absolute atomic E-state index is 12.4. The Morgan fingerprint density at radius 2 is 2.25 bits per heavy atom. The van der Waals surface area contributed by atoms with Gasteiger partial charge in [-0.05, 0) is 39.5 Å². The number of nitrogens with zero attached hydrogens (tertiary/aromatic N) is 1. The van der Waals surface area contributed by atoms with Gasteiger partial charge in [-0.15, -0.1) is 0 Å². The molecule has 2 rings (SSSR count). The average Bonchev–Trinajstić information content (AvgIpc) is 2.73. The third-order valence-electron chi connectivity index (χ3n) is 3.51. The van der Waals surface area contributed by atoms with Crippen LogP contribution in [0.1, 0.15) is 52.3 Å². The number of ether oxygens (including phenoxy) is 1. The molecule has 6 nitrogen and oxygen atoms in total. The minimum atomic E-state index is -0.481. The van der Waals surface area contributed by atoms with Crippen molar-refractivity contribution in [1.82, 2.24) is 10.00 Å². The maximum Gasteiger partial charge on any atom is 0.410 e. The normalized spacial score (nSPS) is 23.7. The lowest BCUT2D eigenvalue weighted by atomic mass is 9.91. The van der Waals surface area contributed by atoms with Crippen LogP contribution < -0.4 is 10.8 Å². The summed E-state index contributed by atoms with van der Waals surface area (Å²) in [5.74, 6) is 1.14. The van der Waals surface area contributed by atoms with Crippen molar-refractivity contribution in [2.24, 2.45) is 5.92 Å². The molecular formula is C14H25N4O2+. The molecule has 0 spiro atoms. The van der Waals surface area contributed by atoms with Crippen molar-refractivity contribution in [2.75, 3.05) is 12.3 Å². The first kappa shape index (κ1) is 14.7. The molecule has 2 atom stereocenters. The number of nitrogens with two attached hydrogens (primary N) is 1. The SMILES string of the molecule is CC1CCN(C(=O)OC(C)(C)C)C(c2cc(N)[nH+][nH]2)C1. The second-order valence-electron chi connectivity index (χ2n) is 6.62. The van der Waals surface area contributed by atoms with Crippen LogP contribution in [-0.4, -0.2) is 28.2 Å². The molecule has 0 aliphatic carbocycles. The Morgan fingerprint density at radius 1 is 1.55 bits per heavy atom. The summed E-state index contributed by atoms with van der Waals surface area (Å²) >= 11 is 0. The van der Waals surface area contributed by atoms with Crippen LogP contribution in [-0.2, 0) is 4.74 Å². The molecule has 20 heavy (non-hydrogen) atoms. The lowest BCUT2D eigenvalue weighted by Gasteiger charge is -2.38. The number of nitrogen functional groups attached to an aromatic ring is 1. The van der Waals surface area contributed by atoms with Gasteiger partial charge in [0.2, 0.25) is 0 Å². The van der Waals surface area contributed by atoms with Crippen LogP contribution in [0.3, 0.4) is 0 Å². The molecule has 112 valence electrons. The molecule has 1 aromatic heterocycles. The van der Waals surface area contributed by atoms with E-state index in [0.29, 0.717) is 18.3 Å². The summed E-state index contributed by atoms with van der Waals surface area (Å²) in [5, 5.41) is 5.91. The predicted octanol–water partition coefficient (Wildman–Crippen LogP) is 2.12. The molecule has 2 heterocycles. The molecule has 1 amide bonds. The lowest BCUT2D eigenvalue weighted by molar-refractivity contribution is -0.434. The summed E-state index contributed by atoms with van der Waals surface area (Å²) in [7, 11) is 0. The topological polar surface area (TPSA) is 85.5 Å². The summed E-state index contributed by atoms with van der Waals surface area (Å²) in [6.07, 6.45) is 1.64. The molecule has 2 unspecified atom stereocenters. The van der Waals surface area contributed by atoms with E-state index < -0.39 is 5.60 Å². The van der Waals surface area contributed by atoms with Gasteiger partial charge in [0.15, 0.2) is 0 Å². The number of anilines is 1. The molecule has 4 N–H and O–H groups in total. The number of nitrogens with one attached hydrogen (secondary N) is 2. The monoisotopic (exact) mass is 281 g/mol. The molecule has 0 saturated carbocycles.